The van der Waals surface area contributed by atoms with Crippen LogP contribution >= 0.6 is 0 Å². The maximum absolute atomic E-state index is 9.97. The van der Waals surface area contributed by atoms with Crippen LogP contribution in [0, 0.1) is 11.3 Å². The van der Waals surface area contributed by atoms with E-state index in [4.69, 9.17) is 15.0 Å². The third-order valence-corrected chi connectivity index (χ3v) is 13.9. The standard InChI is InChI=1S/C64H39N7/c65-40-41-16-15-21-44(36-41)45-30-33-61(54(37-45)64-67-62(42-17-3-1-4-18-42)66-63(68-64)43-19-5-2-6-20-43)71-59-34-31-46(69-55-26-11-7-22-48(55)49-23-8-12-27-56(49)69)38-52(59)53-39-47(32-35-60(53)71)70-57-28-13-9-24-50(57)51-25-10-14-29-58(51)70/h1-39H. The number of nitriles is 1. The molecule has 0 saturated heterocycles. The van der Waals surface area contributed by atoms with Gasteiger partial charge in [0.15, 0.2) is 17.5 Å². The first-order chi connectivity index (χ1) is 35.2. The van der Waals surface area contributed by atoms with Crippen molar-refractivity contribution in [3.63, 3.8) is 0 Å². The van der Waals surface area contributed by atoms with Crippen molar-refractivity contribution >= 4 is 65.4 Å². The SMILES string of the molecule is N#Cc1cccc(-c2ccc(-n3c4ccc(-n5c6ccccc6c6ccccc65)cc4c4cc(-n5c6ccccc6c6ccccc65)ccc43)c(-c3nc(-c4ccccc4)nc(-c4ccccc4)n3)c2)c1. The fourth-order valence-electron chi connectivity index (χ4n) is 10.7. The van der Waals surface area contributed by atoms with Gasteiger partial charge in [-0.2, -0.15) is 5.26 Å². The molecule has 0 aliphatic rings. The molecular weight excluding hydrogens is 867 g/mol. The summed E-state index contributed by atoms with van der Waals surface area (Å²) in [4.78, 5) is 15.7. The maximum Gasteiger partial charge on any atom is 0.166 e. The summed E-state index contributed by atoms with van der Waals surface area (Å²) in [5.41, 5.74) is 14.8. The lowest BCUT2D eigenvalue weighted by Crippen LogP contribution is -2.04. The summed E-state index contributed by atoms with van der Waals surface area (Å²) in [6.07, 6.45) is 0. The van der Waals surface area contributed by atoms with E-state index < -0.39 is 0 Å². The van der Waals surface area contributed by atoms with E-state index in [1.807, 2.05) is 84.9 Å². The van der Waals surface area contributed by atoms with Gasteiger partial charge < -0.3 is 13.7 Å². The highest BCUT2D eigenvalue weighted by atomic mass is 15.1. The molecule has 0 spiro atoms. The smallest absolute Gasteiger partial charge is 0.166 e. The molecule has 0 aliphatic carbocycles. The number of aromatic nitrogens is 6. The van der Waals surface area contributed by atoms with Crippen molar-refractivity contribution in [2.24, 2.45) is 0 Å². The van der Waals surface area contributed by atoms with Crippen molar-refractivity contribution in [1.82, 2.24) is 28.7 Å². The summed E-state index contributed by atoms with van der Waals surface area (Å²) in [5.74, 6) is 1.68. The van der Waals surface area contributed by atoms with Crippen LogP contribution in [0.4, 0.5) is 0 Å². The van der Waals surface area contributed by atoms with Crippen LogP contribution < -0.4 is 0 Å². The Labute approximate surface area is 408 Å². The van der Waals surface area contributed by atoms with Crippen molar-refractivity contribution in [2.45, 2.75) is 0 Å². The van der Waals surface area contributed by atoms with Crippen LogP contribution in [0.1, 0.15) is 5.56 Å². The lowest BCUT2D eigenvalue weighted by Gasteiger charge is -2.17. The van der Waals surface area contributed by atoms with Crippen molar-refractivity contribution < 1.29 is 0 Å². The molecule has 71 heavy (non-hydrogen) atoms. The van der Waals surface area contributed by atoms with Gasteiger partial charge in [-0.15, -0.1) is 0 Å². The minimum atomic E-state index is 0.532. The van der Waals surface area contributed by atoms with Gasteiger partial charge in [-0.1, -0.05) is 152 Å². The Kier molecular flexibility index (Phi) is 9.13. The van der Waals surface area contributed by atoms with E-state index in [1.54, 1.807) is 0 Å². The number of nitrogens with zero attached hydrogens (tertiary/aromatic N) is 7. The van der Waals surface area contributed by atoms with Gasteiger partial charge in [0.25, 0.3) is 0 Å². The highest BCUT2D eigenvalue weighted by Gasteiger charge is 2.23. The van der Waals surface area contributed by atoms with E-state index >= 15 is 0 Å². The summed E-state index contributed by atoms with van der Waals surface area (Å²) >= 11 is 0. The quantitative estimate of drug-likeness (QED) is 0.160. The van der Waals surface area contributed by atoms with Gasteiger partial charge in [-0.05, 0) is 96.1 Å². The number of rotatable bonds is 7. The molecule has 14 rings (SSSR count). The lowest BCUT2D eigenvalue weighted by atomic mass is 9.99. The van der Waals surface area contributed by atoms with Crippen LogP contribution in [0.25, 0.3) is 128 Å². The van der Waals surface area contributed by atoms with Crippen LogP contribution in [-0.2, 0) is 0 Å². The second-order valence-corrected chi connectivity index (χ2v) is 17.9. The zero-order valence-corrected chi connectivity index (χ0v) is 38.1. The topological polar surface area (TPSA) is 77.2 Å². The third-order valence-electron chi connectivity index (χ3n) is 13.9. The minimum Gasteiger partial charge on any atom is -0.309 e. The number of hydrogen-bond acceptors (Lipinski definition) is 4. The first-order valence-electron chi connectivity index (χ1n) is 23.7. The Morgan fingerprint density at radius 2 is 0.704 bits per heavy atom. The van der Waals surface area contributed by atoms with E-state index in [0.29, 0.717) is 23.0 Å². The second-order valence-electron chi connectivity index (χ2n) is 17.9. The molecule has 0 saturated carbocycles. The molecule has 7 heteroatoms. The molecule has 4 heterocycles. The molecule has 0 N–H and O–H groups in total. The number of para-hydroxylation sites is 4. The first kappa shape index (κ1) is 40.2. The van der Waals surface area contributed by atoms with E-state index in [0.717, 1.165) is 88.8 Å². The molecule has 0 bridgehead atoms. The molecule has 4 aromatic heterocycles. The highest BCUT2D eigenvalue weighted by Crippen LogP contribution is 2.42. The molecule has 0 fully saturated rings. The summed E-state index contributed by atoms with van der Waals surface area (Å²) in [5, 5.41) is 17.0. The fourth-order valence-corrected chi connectivity index (χ4v) is 10.7. The first-order valence-corrected chi connectivity index (χ1v) is 23.7. The largest absolute Gasteiger partial charge is 0.309 e. The predicted octanol–water partition coefficient (Wildman–Crippen LogP) is 15.7. The summed E-state index contributed by atoms with van der Waals surface area (Å²) in [7, 11) is 0. The molecule has 0 aliphatic heterocycles. The van der Waals surface area contributed by atoms with Gasteiger partial charge >= 0.3 is 0 Å². The van der Waals surface area contributed by atoms with E-state index in [9.17, 15) is 5.26 Å². The maximum atomic E-state index is 9.97. The third kappa shape index (κ3) is 6.47. The van der Waals surface area contributed by atoms with Crippen molar-refractivity contribution in [1.29, 1.82) is 5.26 Å². The van der Waals surface area contributed by atoms with Crippen molar-refractivity contribution in [3.8, 4) is 68.4 Å². The van der Waals surface area contributed by atoms with Gasteiger partial charge in [0.05, 0.1) is 50.4 Å². The van der Waals surface area contributed by atoms with Gasteiger partial charge in [0, 0.05) is 60.4 Å². The number of hydrogen-bond donors (Lipinski definition) is 0. The second kappa shape index (κ2) is 16.1. The molecule has 14 aromatic rings. The molecule has 0 unspecified atom stereocenters. The van der Waals surface area contributed by atoms with Crippen molar-refractivity contribution in [3.05, 3.63) is 242 Å². The van der Waals surface area contributed by atoms with Gasteiger partial charge in [0.2, 0.25) is 0 Å². The number of fused-ring (bicyclic) bond motifs is 9. The number of benzene rings is 10. The monoisotopic (exact) mass is 905 g/mol. The van der Waals surface area contributed by atoms with E-state index in [2.05, 4.69) is 171 Å². The van der Waals surface area contributed by atoms with Crippen LogP contribution in [-0.4, -0.2) is 28.7 Å². The molecule has 7 nitrogen and oxygen atoms in total. The van der Waals surface area contributed by atoms with Gasteiger partial charge in [-0.3, -0.25) is 0 Å². The fraction of sp³-hybridized carbons (Fsp3) is 0. The van der Waals surface area contributed by atoms with E-state index in [1.165, 1.54) is 21.5 Å². The normalized spacial score (nSPS) is 11.6. The van der Waals surface area contributed by atoms with Gasteiger partial charge in [0.1, 0.15) is 0 Å². The molecule has 0 radical (unpaired) electrons. The molecular formula is C64H39N7. The average molecular weight is 906 g/mol. The van der Waals surface area contributed by atoms with E-state index in [-0.39, 0.29) is 0 Å². The molecule has 0 amide bonds. The van der Waals surface area contributed by atoms with Crippen molar-refractivity contribution in [2.75, 3.05) is 0 Å². The van der Waals surface area contributed by atoms with Crippen LogP contribution in [0.15, 0.2) is 237 Å². The average Bonchev–Trinajstić information content (AvgIpc) is 4.08. The minimum absolute atomic E-state index is 0.532. The molecule has 0 atom stereocenters. The van der Waals surface area contributed by atoms with Crippen LogP contribution in [0.5, 0.6) is 0 Å². The Hall–Kier alpha value is -9.90. The summed E-state index contributed by atoms with van der Waals surface area (Å²) < 4.78 is 7.15. The summed E-state index contributed by atoms with van der Waals surface area (Å²) in [6, 6.07) is 85.2. The zero-order valence-electron chi connectivity index (χ0n) is 38.1. The Morgan fingerprint density at radius 1 is 0.296 bits per heavy atom. The molecule has 10 aromatic carbocycles. The Morgan fingerprint density at radius 3 is 1.18 bits per heavy atom. The Bertz CT molecular complexity index is 4140. The molecule has 330 valence electrons. The lowest BCUT2D eigenvalue weighted by molar-refractivity contribution is 1.06. The summed E-state index contributed by atoms with van der Waals surface area (Å²) in [6.45, 7) is 0. The Balaban J connectivity index is 1.08. The zero-order chi connectivity index (χ0) is 47.0. The van der Waals surface area contributed by atoms with Gasteiger partial charge in [-0.25, -0.2) is 15.0 Å². The van der Waals surface area contributed by atoms with Crippen LogP contribution in [0.2, 0.25) is 0 Å². The predicted molar refractivity (Wildman–Crippen MR) is 289 cm³/mol. The highest BCUT2D eigenvalue weighted by molar-refractivity contribution is 6.14. The van der Waals surface area contributed by atoms with Crippen LogP contribution in [0.3, 0.4) is 0 Å².